The zero-order valence-corrected chi connectivity index (χ0v) is 34.5. The molecular formula is C38H27N5O16S4. The average molecular weight is 938 g/mol. The number of phenols is 2. The van der Waals surface area contributed by atoms with Crippen LogP contribution in [0.5, 0.6) is 11.5 Å². The van der Waals surface area contributed by atoms with Crippen molar-refractivity contribution in [3.63, 3.8) is 0 Å². The lowest BCUT2D eigenvalue weighted by atomic mass is 9.94. The number of Topliss-reactive ketones (excluding diaryl/α,β-unsaturated/α-hetero) is 2. The molecule has 2 aliphatic carbocycles. The van der Waals surface area contributed by atoms with Crippen molar-refractivity contribution in [2.75, 3.05) is 16.2 Å². The highest BCUT2D eigenvalue weighted by atomic mass is 32.2. The third kappa shape index (κ3) is 9.10. The van der Waals surface area contributed by atoms with Crippen LogP contribution in [0, 0.1) is 0 Å². The predicted octanol–water partition coefficient (Wildman–Crippen LogP) is 4.79. The summed E-state index contributed by atoms with van der Waals surface area (Å²) in [5, 5.41) is 32.3. The van der Waals surface area contributed by atoms with Gasteiger partial charge >= 0.3 is 0 Å². The summed E-state index contributed by atoms with van der Waals surface area (Å²) in [5.41, 5.74) is 2.57. The lowest BCUT2D eigenvalue weighted by Gasteiger charge is -2.19. The molecule has 0 atom stereocenters. The standard InChI is InChI=1S/C38H27N5O16S4/c44-29-14-19(6-10-27(29)40-42-35-32(62(54,55)56)16-21-12-24(8-9-26(21)37(35)46)39-23-4-2-1-3-5-23)20-7-11-28(30(45)15-20)41-43-36-33(63(57,58)59)17-22-13-25(60(48,49)50)18-31(61(51,52)53)34(22)38(36)47/h1-18,39-41,44-45H,(H,48,49,50)(H,51,52,53)(H,54,55,56)(H,57,58,59)/b42-35+,43-36+. The fourth-order valence-corrected chi connectivity index (χ4v) is 8.99. The maximum absolute atomic E-state index is 13.5. The topological polar surface area (TPSA) is 353 Å². The molecule has 324 valence electrons. The van der Waals surface area contributed by atoms with Crippen LogP contribution in [0.1, 0.15) is 31.8 Å². The van der Waals surface area contributed by atoms with Crippen molar-refractivity contribution in [3.8, 4) is 22.6 Å². The minimum absolute atomic E-state index is 0.0689. The minimum Gasteiger partial charge on any atom is -0.506 e. The van der Waals surface area contributed by atoms with Crippen molar-refractivity contribution in [2.45, 2.75) is 9.79 Å². The summed E-state index contributed by atoms with van der Waals surface area (Å²) in [6.45, 7) is 0. The first kappa shape index (κ1) is 44.0. The van der Waals surface area contributed by atoms with Crippen LogP contribution in [0.4, 0.5) is 22.7 Å². The number of carbonyl (C=O) groups excluding carboxylic acids is 2. The quantitative estimate of drug-likeness (QED) is 0.0488. The zero-order valence-electron chi connectivity index (χ0n) is 31.2. The Morgan fingerprint density at radius 3 is 1.51 bits per heavy atom. The van der Waals surface area contributed by atoms with E-state index in [-0.39, 0.29) is 39.7 Å². The molecule has 0 fully saturated rings. The van der Waals surface area contributed by atoms with E-state index in [1.54, 1.807) is 30.3 Å². The van der Waals surface area contributed by atoms with Gasteiger partial charge in [0.05, 0.1) is 21.8 Å². The molecule has 0 unspecified atom stereocenters. The van der Waals surface area contributed by atoms with Crippen molar-refractivity contribution in [3.05, 3.63) is 129 Å². The minimum atomic E-state index is -5.41. The number of para-hydroxylation sites is 1. The Kier molecular flexibility index (Phi) is 11.2. The predicted molar refractivity (Wildman–Crippen MR) is 227 cm³/mol. The SMILES string of the molecule is O=C1/C(=N/Nc2ccc(-c3ccc(N/N=C4/C(=O)c5c(cc(S(=O)(=O)O)cc5S(=O)(=O)O)C=C4S(=O)(=O)O)c(O)c3)cc2O)C(S(=O)(=O)O)=Cc2cc(Nc3ccccc3)ccc21. The van der Waals surface area contributed by atoms with Gasteiger partial charge in [0, 0.05) is 16.9 Å². The van der Waals surface area contributed by atoms with Crippen molar-refractivity contribution in [1.82, 2.24) is 0 Å². The van der Waals surface area contributed by atoms with Crippen LogP contribution in [-0.4, -0.2) is 85.1 Å². The number of nitrogens with zero attached hydrogens (tertiary/aromatic N) is 2. The largest absolute Gasteiger partial charge is 0.506 e. The van der Waals surface area contributed by atoms with Gasteiger partial charge in [-0.15, -0.1) is 0 Å². The number of anilines is 4. The zero-order chi connectivity index (χ0) is 45.8. The molecule has 0 bridgehead atoms. The van der Waals surface area contributed by atoms with Gasteiger partial charge in [-0.2, -0.15) is 43.9 Å². The van der Waals surface area contributed by atoms with Crippen molar-refractivity contribution in [1.29, 1.82) is 0 Å². The number of rotatable bonds is 11. The maximum atomic E-state index is 13.5. The Morgan fingerprint density at radius 2 is 1.02 bits per heavy atom. The molecule has 0 aromatic heterocycles. The van der Waals surface area contributed by atoms with Crippen LogP contribution in [0.25, 0.3) is 23.3 Å². The summed E-state index contributed by atoms with van der Waals surface area (Å²) in [6.07, 6.45) is 1.54. The van der Waals surface area contributed by atoms with E-state index >= 15 is 0 Å². The number of carbonyl (C=O) groups is 2. The molecule has 9 N–H and O–H groups in total. The number of benzene rings is 5. The molecule has 5 aromatic rings. The van der Waals surface area contributed by atoms with Gasteiger partial charge in [-0.1, -0.05) is 30.3 Å². The molecule has 2 aliphatic rings. The van der Waals surface area contributed by atoms with Gasteiger partial charge in [-0.25, -0.2) is 0 Å². The highest BCUT2D eigenvalue weighted by Crippen LogP contribution is 2.37. The van der Waals surface area contributed by atoms with Gasteiger partial charge < -0.3 is 15.5 Å². The molecule has 0 radical (unpaired) electrons. The summed E-state index contributed by atoms with van der Waals surface area (Å²) in [4.78, 5) is 22.4. The number of nitrogens with one attached hydrogen (secondary N) is 3. The van der Waals surface area contributed by atoms with Gasteiger partial charge in [-0.3, -0.25) is 38.7 Å². The molecule has 21 nitrogen and oxygen atoms in total. The Bertz CT molecular complexity index is 3420. The second-order valence-corrected chi connectivity index (χ2v) is 19.0. The van der Waals surface area contributed by atoms with E-state index in [4.69, 9.17) is 0 Å². The summed E-state index contributed by atoms with van der Waals surface area (Å²) >= 11 is 0. The third-order valence-electron chi connectivity index (χ3n) is 9.20. The first-order valence-corrected chi connectivity index (χ1v) is 23.1. The Labute approximate surface area is 356 Å². The summed E-state index contributed by atoms with van der Waals surface area (Å²) in [7, 11) is -21.0. The molecule has 0 amide bonds. The molecular weight excluding hydrogens is 911 g/mol. The van der Waals surface area contributed by atoms with E-state index in [1.807, 2.05) is 6.07 Å². The lowest BCUT2D eigenvalue weighted by Crippen LogP contribution is -2.29. The number of ketones is 2. The van der Waals surface area contributed by atoms with E-state index in [9.17, 15) is 71.7 Å². The molecule has 63 heavy (non-hydrogen) atoms. The molecule has 5 aromatic carbocycles. The van der Waals surface area contributed by atoms with Crippen LogP contribution in [0.15, 0.2) is 127 Å². The van der Waals surface area contributed by atoms with Crippen molar-refractivity contribution < 1.29 is 71.7 Å². The highest BCUT2D eigenvalue weighted by molar-refractivity contribution is 7.91. The Balaban J connectivity index is 1.14. The second-order valence-electron chi connectivity index (χ2n) is 13.4. The second kappa shape index (κ2) is 16.0. The van der Waals surface area contributed by atoms with Crippen LogP contribution in [-0.2, 0) is 40.5 Å². The summed E-state index contributed by atoms with van der Waals surface area (Å²) < 4.78 is 136. The Morgan fingerprint density at radius 1 is 0.492 bits per heavy atom. The van der Waals surface area contributed by atoms with E-state index in [2.05, 4.69) is 26.4 Å². The number of fused-ring (bicyclic) bond motifs is 2. The first-order valence-electron chi connectivity index (χ1n) is 17.3. The van der Waals surface area contributed by atoms with Gasteiger partial charge in [0.1, 0.15) is 26.2 Å². The van der Waals surface area contributed by atoms with Crippen LogP contribution >= 0.6 is 0 Å². The fourth-order valence-electron chi connectivity index (χ4n) is 6.31. The summed E-state index contributed by atoms with van der Waals surface area (Å²) in [5.74, 6) is -3.51. The van der Waals surface area contributed by atoms with Gasteiger partial charge in [0.25, 0.3) is 40.5 Å². The molecule has 7 rings (SSSR count). The molecule has 25 heteroatoms. The summed E-state index contributed by atoms with van der Waals surface area (Å²) in [6, 6.07) is 21.8. The molecule has 0 saturated carbocycles. The highest BCUT2D eigenvalue weighted by Gasteiger charge is 2.38. The molecule has 0 heterocycles. The van der Waals surface area contributed by atoms with Gasteiger partial charge in [0.15, 0.2) is 11.4 Å². The van der Waals surface area contributed by atoms with E-state index in [0.717, 1.165) is 17.8 Å². The van der Waals surface area contributed by atoms with Crippen molar-refractivity contribution >= 4 is 98.4 Å². The van der Waals surface area contributed by atoms with Crippen molar-refractivity contribution in [2.24, 2.45) is 10.2 Å². The fraction of sp³-hybridized carbons (Fsp3) is 0. The first-order chi connectivity index (χ1) is 29.4. The Hall–Kier alpha value is -7.10. The van der Waals surface area contributed by atoms with E-state index in [1.165, 1.54) is 42.5 Å². The monoisotopic (exact) mass is 937 g/mol. The van der Waals surface area contributed by atoms with Gasteiger partial charge in [0.2, 0.25) is 11.6 Å². The average Bonchev–Trinajstić information content (AvgIpc) is 3.19. The van der Waals surface area contributed by atoms with Crippen LogP contribution in [0.3, 0.4) is 0 Å². The number of hydrazone groups is 2. The lowest BCUT2D eigenvalue weighted by molar-refractivity contribution is 0.105. The van der Waals surface area contributed by atoms with E-state index in [0.29, 0.717) is 17.8 Å². The smallest absolute Gasteiger partial charge is 0.296 e. The number of hydrogen-bond donors (Lipinski definition) is 9. The van der Waals surface area contributed by atoms with Gasteiger partial charge in [-0.05, 0) is 101 Å². The number of aromatic hydroxyl groups is 2. The molecule has 0 saturated heterocycles. The number of hydrogen-bond acceptors (Lipinski definition) is 17. The maximum Gasteiger partial charge on any atom is 0.296 e. The van der Waals surface area contributed by atoms with E-state index < -0.39 is 106 Å². The van der Waals surface area contributed by atoms with Crippen LogP contribution in [0.2, 0.25) is 0 Å². The van der Waals surface area contributed by atoms with Crippen LogP contribution < -0.4 is 16.2 Å². The number of phenolic OH excluding ortho intramolecular Hbond substituents is 2. The normalized spacial score (nSPS) is 15.6. The number of allylic oxidation sites excluding steroid dienone is 2. The third-order valence-corrected chi connectivity index (χ3v) is 12.6. The molecule has 0 aliphatic heterocycles. The molecule has 0 spiro atoms.